The van der Waals surface area contributed by atoms with Crippen LogP contribution in [-0.4, -0.2) is 100 Å². The number of benzene rings is 1. The zero-order valence-corrected chi connectivity index (χ0v) is 26.8. The standard InChI is InChI=1S/C35H47N3O7/c1-23(2)37-20-13-8-11-17-27(40)36(4)24(3)30(25-15-9-7-10-16-25)44-34(43)28-26-18-19-35(45-26)29(28)32(41)38(31(35)33(37)42)21-12-5-6-14-22-39/h7-10,13,15-16,18-19,23-24,26,28-31,39H,5-6,11-12,14,17,20-22H2,1-4H3/b13-8-/t24-,26+,28-,29-,30+,31+,35-/m0/s1. The summed E-state index contributed by atoms with van der Waals surface area (Å²) in [6.45, 7) is 6.52. The van der Waals surface area contributed by atoms with Crippen molar-refractivity contribution < 1.29 is 33.8 Å². The molecule has 1 aromatic rings. The van der Waals surface area contributed by atoms with E-state index in [1.807, 2.05) is 69.3 Å². The van der Waals surface area contributed by atoms with Gasteiger partial charge in [0.15, 0.2) is 0 Å². The van der Waals surface area contributed by atoms with Crippen LogP contribution in [0.25, 0.3) is 0 Å². The molecule has 10 nitrogen and oxygen atoms in total. The maximum atomic E-state index is 14.5. The van der Waals surface area contributed by atoms with Crippen LogP contribution in [0, 0.1) is 11.8 Å². The van der Waals surface area contributed by atoms with E-state index in [2.05, 4.69) is 0 Å². The fraction of sp³-hybridized carbons (Fsp3) is 0.600. The summed E-state index contributed by atoms with van der Waals surface area (Å²) in [6, 6.07) is 7.77. The lowest BCUT2D eigenvalue weighted by molar-refractivity contribution is -0.164. The van der Waals surface area contributed by atoms with E-state index in [0.717, 1.165) is 18.4 Å². The third-order valence-corrected chi connectivity index (χ3v) is 9.90. The van der Waals surface area contributed by atoms with Gasteiger partial charge in [0.1, 0.15) is 23.7 Å². The molecule has 244 valence electrons. The summed E-state index contributed by atoms with van der Waals surface area (Å²) in [5.74, 6) is -3.00. The van der Waals surface area contributed by atoms with Gasteiger partial charge in [-0.3, -0.25) is 19.2 Å². The molecule has 4 aliphatic heterocycles. The Hall–Kier alpha value is -3.50. The maximum absolute atomic E-state index is 14.5. The van der Waals surface area contributed by atoms with Gasteiger partial charge < -0.3 is 29.3 Å². The molecular weight excluding hydrogens is 574 g/mol. The molecule has 0 radical (unpaired) electrons. The molecule has 0 unspecified atom stereocenters. The Labute approximate surface area is 266 Å². The highest BCUT2D eigenvalue weighted by Gasteiger charge is 2.73. The van der Waals surface area contributed by atoms with E-state index in [1.54, 1.807) is 27.8 Å². The number of aliphatic hydroxyl groups excluding tert-OH is 1. The number of carbonyl (C=O) groups excluding carboxylic acids is 4. The van der Waals surface area contributed by atoms with E-state index in [1.165, 1.54) is 0 Å². The van der Waals surface area contributed by atoms with E-state index >= 15 is 0 Å². The number of nitrogens with zero attached hydrogens (tertiary/aromatic N) is 3. The number of likely N-dealkylation sites (N-methyl/N-ethyl adjacent to an activating group) is 1. The molecule has 0 aliphatic carbocycles. The molecule has 0 aromatic heterocycles. The second-order valence-electron chi connectivity index (χ2n) is 13.0. The molecule has 7 atom stereocenters. The Balaban J connectivity index is 1.55. The lowest BCUT2D eigenvalue weighted by atomic mass is 9.74. The minimum Gasteiger partial charge on any atom is -0.455 e. The highest BCUT2D eigenvalue weighted by molar-refractivity contribution is 5.99. The van der Waals surface area contributed by atoms with Crippen LogP contribution in [-0.2, 0) is 28.7 Å². The molecule has 1 spiro atoms. The quantitative estimate of drug-likeness (QED) is 0.269. The summed E-state index contributed by atoms with van der Waals surface area (Å²) in [5, 5.41) is 9.21. The average Bonchev–Trinajstić information content (AvgIpc) is 3.67. The Bertz CT molecular complexity index is 1310. The number of unbranched alkanes of at least 4 members (excludes halogenated alkanes) is 3. The number of allylic oxidation sites excluding steroid dienone is 1. The first-order valence-electron chi connectivity index (χ1n) is 16.4. The molecule has 5 rings (SSSR count). The summed E-state index contributed by atoms with van der Waals surface area (Å²) in [6.07, 6.45) is 9.70. The molecule has 2 saturated heterocycles. The number of likely N-dealkylation sites (tertiary alicyclic amines) is 1. The van der Waals surface area contributed by atoms with Crippen LogP contribution < -0.4 is 0 Å². The second kappa shape index (κ2) is 13.9. The summed E-state index contributed by atoms with van der Waals surface area (Å²) >= 11 is 0. The SMILES string of the molecule is CC(C)N1C/C=C\CCC(=O)N(C)[C@@H](C)[C@H](c2ccccc2)OC(=O)[C@@H]2[C@H]3C(=O)N(CCCCCCO)[C@H](C1=O)[C@]31C=C[C@H]2O1. The van der Waals surface area contributed by atoms with Crippen LogP contribution in [0.1, 0.15) is 71.0 Å². The highest BCUT2D eigenvalue weighted by atomic mass is 16.6. The number of esters is 1. The van der Waals surface area contributed by atoms with Crippen molar-refractivity contribution in [1.82, 2.24) is 14.7 Å². The van der Waals surface area contributed by atoms with Gasteiger partial charge in [-0.05, 0) is 45.6 Å². The largest absolute Gasteiger partial charge is 0.455 e. The summed E-state index contributed by atoms with van der Waals surface area (Å²) in [5.41, 5.74) is -0.535. The van der Waals surface area contributed by atoms with E-state index in [-0.39, 0.29) is 36.8 Å². The molecule has 1 aromatic carbocycles. The van der Waals surface area contributed by atoms with Crippen molar-refractivity contribution in [3.63, 3.8) is 0 Å². The Kier molecular flexibility index (Phi) is 10.1. The Morgan fingerprint density at radius 2 is 1.73 bits per heavy atom. The van der Waals surface area contributed by atoms with Crippen LogP contribution >= 0.6 is 0 Å². The molecule has 10 heteroatoms. The number of fused-ring (bicyclic) bond motifs is 2. The minimum absolute atomic E-state index is 0.0840. The maximum Gasteiger partial charge on any atom is 0.313 e. The molecule has 1 N–H and O–H groups in total. The zero-order chi connectivity index (χ0) is 32.3. The average molecular weight is 622 g/mol. The van der Waals surface area contributed by atoms with Gasteiger partial charge in [-0.1, -0.05) is 67.5 Å². The lowest BCUT2D eigenvalue weighted by Gasteiger charge is -2.37. The van der Waals surface area contributed by atoms with E-state index in [4.69, 9.17) is 9.47 Å². The number of carbonyl (C=O) groups is 4. The van der Waals surface area contributed by atoms with Crippen LogP contribution in [0.15, 0.2) is 54.6 Å². The van der Waals surface area contributed by atoms with Gasteiger partial charge in [-0.2, -0.15) is 0 Å². The zero-order valence-electron chi connectivity index (χ0n) is 26.8. The van der Waals surface area contributed by atoms with Crippen molar-refractivity contribution in [3.05, 3.63) is 60.2 Å². The summed E-state index contributed by atoms with van der Waals surface area (Å²) < 4.78 is 12.8. The first kappa shape index (κ1) is 32.9. The third kappa shape index (κ3) is 6.19. The highest BCUT2D eigenvalue weighted by Crippen LogP contribution is 2.56. The number of amides is 3. The van der Waals surface area contributed by atoms with E-state index in [9.17, 15) is 24.3 Å². The normalized spacial score (nSPS) is 32.9. The first-order chi connectivity index (χ1) is 21.6. The van der Waals surface area contributed by atoms with Crippen molar-refractivity contribution in [3.8, 4) is 0 Å². The molecule has 0 saturated carbocycles. The van der Waals surface area contributed by atoms with E-state index < -0.39 is 47.7 Å². The van der Waals surface area contributed by atoms with Crippen LogP contribution in [0.5, 0.6) is 0 Å². The molecule has 3 amide bonds. The van der Waals surface area contributed by atoms with Crippen LogP contribution in [0.4, 0.5) is 0 Å². The second-order valence-corrected chi connectivity index (χ2v) is 13.0. The van der Waals surface area contributed by atoms with Gasteiger partial charge in [0.2, 0.25) is 17.7 Å². The fourth-order valence-electron chi connectivity index (χ4n) is 7.33. The monoisotopic (exact) mass is 621 g/mol. The smallest absolute Gasteiger partial charge is 0.313 e. The fourth-order valence-corrected chi connectivity index (χ4v) is 7.33. The van der Waals surface area contributed by atoms with E-state index in [0.29, 0.717) is 32.4 Å². The predicted molar refractivity (Wildman–Crippen MR) is 168 cm³/mol. The van der Waals surface area contributed by atoms with Gasteiger partial charge in [0, 0.05) is 39.2 Å². The Morgan fingerprint density at radius 1 is 1.00 bits per heavy atom. The predicted octanol–water partition coefficient (Wildman–Crippen LogP) is 3.41. The first-order valence-corrected chi connectivity index (χ1v) is 16.4. The number of cyclic esters (lactones) is 1. The molecule has 45 heavy (non-hydrogen) atoms. The van der Waals surface area contributed by atoms with Gasteiger partial charge in [0.05, 0.1) is 18.1 Å². The summed E-state index contributed by atoms with van der Waals surface area (Å²) in [4.78, 5) is 61.2. The van der Waals surface area contributed by atoms with Crippen molar-refractivity contribution in [1.29, 1.82) is 0 Å². The number of hydrogen-bond donors (Lipinski definition) is 1. The molecular formula is C35H47N3O7. The Morgan fingerprint density at radius 3 is 2.44 bits per heavy atom. The van der Waals surface area contributed by atoms with Gasteiger partial charge in [-0.15, -0.1) is 0 Å². The van der Waals surface area contributed by atoms with Crippen molar-refractivity contribution in [2.45, 2.75) is 95.2 Å². The summed E-state index contributed by atoms with van der Waals surface area (Å²) in [7, 11) is 1.72. The minimum atomic E-state index is -1.28. The molecule has 5 bridgehead atoms. The van der Waals surface area contributed by atoms with Crippen LogP contribution in [0.3, 0.4) is 0 Å². The number of rotatable bonds is 8. The molecule has 2 fully saturated rings. The topological polar surface area (TPSA) is 117 Å². The van der Waals surface area contributed by atoms with Gasteiger partial charge in [-0.25, -0.2) is 0 Å². The van der Waals surface area contributed by atoms with Gasteiger partial charge in [0.25, 0.3) is 0 Å². The van der Waals surface area contributed by atoms with Crippen molar-refractivity contribution in [2.75, 3.05) is 26.7 Å². The van der Waals surface area contributed by atoms with Crippen molar-refractivity contribution >= 4 is 23.7 Å². The van der Waals surface area contributed by atoms with Crippen molar-refractivity contribution in [2.24, 2.45) is 11.8 Å². The third-order valence-electron chi connectivity index (χ3n) is 9.90. The van der Waals surface area contributed by atoms with Gasteiger partial charge >= 0.3 is 5.97 Å². The number of aliphatic hydroxyl groups is 1. The molecule has 4 aliphatic rings. The molecule has 4 heterocycles. The number of ether oxygens (including phenoxy) is 2. The number of hydrogen-bond acceptors (Lipinski definition) is 7. The van der Waals surface area contributed by atoms with Crippen LogP contribution in [0.2, 0.25) is 0 Å². The lowest BCUT2D eigenvalue weighted by Crippen LogP contribution is -2.57.